The Morgan fingerprint density at radius 3 is 1.60 bits per heavy atom. The van der Waals surface area contributed by atoms with Crippen molar-refractivity contribution < 1.29 is 65.8 Å². The Kier molecular flexibility index (Phi) is 20.1. The van der Waals surface area contributed by atoms with Crippen LogP contribution in [0.2, 0.25) is 0 Å². The lowest BCUT2D eigenvalue weighted by molar-refractivity contribution is -0.165. The van der Waals surface area contributed by atoms with Gasteiger partial charge in [-0.05, 0) is 52.1 Å². The molecule has 442 valence electrons. The highest BCUT2D eigenvalue weighted by molar-refractivity contribution is 7.41. The number of esters is 3. The van der Waals surface area contributed by atoms with Crippen molar-refractivity contribution in [1.29, 1.82) is 5.26 Å². The van der Waals surface area contributed by atoms with Crippen molar-refractivity contribution >= 4 is 26.5 Å². The number of nitrogens with zero attached hydrogens (tertiary/aromatic N) is 3. The first kappa shape index (κ1) is 60.7. The lowest BCUT2D eigenvalue weighted by atomic mass is 9.80. The van der Waals surface area contributed by atoms with Gasteiger partial charge in [0, 0.05) is 44.3 Å². The van der Waals surface area contributed by atoms with E-state index in [1.54, 1.807) is 38.5 Å². The molecule has 1 unspecified atom stereocenters. The summed E-state index contributed by atoms with van der Waals surface area (Å²) in [5, 5.41) is 9.75. The molecule has 24 heteroatoms. The molecule has 85 heavy (non-hydrogen) atoms. The van der Waals surface area contributed by atoms with E-state index < -0.39 is 123 Å². The zero-order valence-corrected chi connectivity index (χ0v) is 47.4. The van der Waals surface area contributed by atoms with Gasteiger partial charge in [-0.25, -0.2) is 9.59 Å². The molecule has 2 N–H and O–H groups in total. The molecule has 0 spiro atoms. The van der Waals surface area contributed by atoms with Crippen LogP contribution in [0, 0.1) is 17.2 Å². The molecule has 0 amide bonds. The molecule has 2 aromatic heterocycles. The van der Waals surface area contributed by atoms with E-state index in [0.29, 0.717) is 39.3 Å². The van der Waals surface area contributed by atoms with Crippen molar-refractivity contribution in [2.45, 2.75) is 81.4 Å². The number of nitrogens with one attached hydrogen (secondary N) is 2. The highest BCUT2D eigenvalue weighted by atomic mass is 31.2. The van der Waals surface area contributed by atoms with Gasteiger partial charge >= 0.3 is 37.9 Å². The number of methoxy groups -OCH3 is 2. The van der Waals surface area contributed by atoms with Crippen LogP contribution in [0.3, 0.4) is 0 Å². The van der Waals surface area contributed by atoms with E-state index in [0.717, 1.165) is 41.3 Å². The summed E-state index contributed by atoms with van der Waals surface area (Å²) < 4.78 is 71.1. The number of aromatic nitrogens is 4. The number of benzene rings is 5. The molecule has 9 rings (SSSR count). The van der Waals surface area contributed by atoms with Crippen LogP contribution in [-0.4, -0.2) is 102 Å². The van der Waals surface area contributed by atoms with E-state index in [1.165, 1.54) is 6.20 Å². The normalized spacial score (nSPS) is 20.5. The highest BCUT2D eigenvalue weighted by Crippen LogP contribution is 2.51. The van der Waals surface area contributed by atoms with Crippen LogP contribution in [0.15, 0.2) is 183 Å². The van der Waals surface area contributed by atoms with Crippen LogP contribution in [0.4, 0.5) is 0 Å². The molecular weight excluding hydrogens is 1120 g/mol. The van der Waals surface area contributed by atoms with Crippen molar-refractivity contribution in [3.05, 3.63) is 234 Å². The summed E-state index contributed by atoms with van der Waals surface area (Å²) in [6.45, 7) is 0.977. The summed E-state index contributed by atoms with van der Waals surface area (Å²) in [7, 11) is 0.341. The van der Waals surface area contributed by atoms with Crippen molar-refractivity contribution in [2.75, 3.05) is 34.0 Å². The van der Waals surface area contributed by atoms with Crippen LogP contribution in [0.5, 0.6) is 11.5 Å². The Morgan fingerprint density at radius 2 is 1.09 bits per heavy atom. The molecule has 9 atom stereocenters. The lowest BCUT2D eigenvalue weighted by Crippen LogP contribution is -2.42. The largest absolute Gasteiger partial charge is 0.497 e. The van der Waals surface area contributed by atoms with Gasteiger partial charge in [0.1, 0.15) is 41.6 Å². The van der Waals surface area contributed by atoms with Gasteiger partial charge in [0.2, 0.25) is 0 Å². The van der Waals surface area contributed by atoms with E-state index in [9.17, 15) is 38.8 Å². The summed E-state index contributed by atoms with van der Waals surface area (Å²) in [6.07, 6.45) is -9.09. The molecule has 4 heterocycles. The summed E-state index contributed by atoms with van der Waals surface area (Å²) >= 11 is 0. The smallest absolute Gasteiger partial charge is 0.333 e. The SMILES string of the molecule is COc1ccc(C(OC[C@H]2O[C@@H](n3ccc(=O)[nH]c3=O)[C@H](CC(=O)OC(c3ccccc3)c3ccccc3)[C@@H]2OP(OCCC#N)OC[C@H]2O[C@@H](n3ccc(=O)[nH]c3=O)[C@H](OC(C)=O)[C@@H]2OC(C)=O)(c2ccccc2)c2ccc(OC)cc2)cc1. The second-order valence-corrected chi connectivity index (χ2v) is 20.7. The lowest BCUT2D eigenvalue weighted by Gasteiger charge is -2.37. The van der Waals surface area contributed by atoms with Crippen LogP contribution in [0.25, 0.3) is 0 Å². The van der Waals surface area contributed by atoms with Crippen molar-refractivity contribution in [3.63, 3.8) is 0 Å². The fraction of sp³-hybridized carbons (Fsp3) is 0.311. The minimum absolute atomic E-state index is 0.171. The first-order valence-electron chi connectivity index (χ1n) is 26.9. The van der Waals surface area contributed by atoms with Gasteiger partial charge in [0.15, 0.2) is 24.5 Å². The Hall–Kier alpha value is -8.85. The number of aromatic amines is 2. The van der Waals surface area contributed by atoms with Crippen molar-refractivity contribution in [2.24, 2.45) is 5.92 Å². The number of hydrogen-bond acceptors (Lipinski definition) is 19. The minimum Gasteiger partial charge on any atom is -0.497 e. The standard InChI is InChI=1S/C61H60N5O18P/c1-38(67)79-55-49(82-58(56(55)80-39(2)68)66-33-30-51(70)64-60(66)73)37-78-85(77-34-14-31-62)84-54-47(35-52(71)83-53(40-15-8-5-9-16-40)41-17-10-6-11-18-41)57(65-32-29-50(69)63-59(65)72)81-48(54)36-76-61(42-19-12-7-13-20-42,43-21-25-45(74-3)26-22-43)44-23-27-46(75-4)28-24-44/h5-13,15-30,32-33,47-49,53-58H,14,34-37H2,1-4H3,(H,63,69,72)(H,64,70,73)/t47-,48-,49-,54+,55-,56-,57-,58-,85?/m1/s1. The second kappa shape index (κ2) is 28.2. The fourth-order valence-electron chi connectivity index (χ4n) is 10.3. The summed E-state index contributed by atoms with van der Waals surface area (Å²) in [5.41, 5.74) is -1.49. The summed E-state index contributed by atoms with van der Waals surface area (Å²) in [4.78, 5) is 96.8. The molecule has 0 bridgehead atoms. The molecule has 0 saturated carbocycles. The Bertz CT molecular complexity index is 3590. The minimum atomic E-state index is -2.75. The molecule has 0 radical (unpaired) electrons. The van der Waals surface area contributed by atoms with E-state index in [2.05, 4.69) is 9.97 Å². The van der Waals surface area contributed by atoms with Gasteiger partial charge in [-0.2, -0.15) is 5.26 Å². The Morgan fingerprint density at radius 1 is 0.612 bits per heavy atom. The van der Waals surface area contributed by atoms with E-state index in [1.807, 2.05) is 121 Å². The third-order valence-electron chi connectivity index (χ3n) is 14.1. The molecular formula is C61H60N5O18P. The quantitative estimate of drug-likeness (QED) is 0.0199. The molecule has 7 aromatic rings. The van der Waals surface area contributed by atoms with Crippen molar-refractivity contribution in [1.82, 2.24) is 19.1 Å². The molecule has 2 aliphatic heterocycles. The number of H-pyrrole nitrogens is 2. The average Bonchev–Trinajstić information content (AvgIpc) is 4.17. The molecule has 5 aromatic carbocycles. The zero-order valence-electron chi connectivity index (χ0n) is 46.5. The van der Waals surface area contributed by atoms with Crippen LogP contribution in [-0.2, 0) is 62.0 Å². The summed E-state index contributed by atoms with van der Waals surface area (Å²) in [6, 6.07) is 46.3. The molecule has 2 fully saturated rings. The van der Waals surface area contributed by atoms with Crippen LogP contribution >= 0.6 is 8.60 Å². The maximum atomic E-state index is 15.0. The maximum absolute atomic E-state index is 15.0. The van der Waals surface area contributed by atoms with Gasteiger partial charge in [0.05, 0.1) is 53.0 Å². The number of hydrogen-bond donors (Lipinski definition) is 2. The molecule has 2 saturated heterocycles. The van der Waals surface area contributed by atoms with E-state index in [-0.39, 0.29) is 19.6 Å². The molecule has 23 nitrogen and oxygen atoms in total. The third kappa shape index (κ3) is 14.4. The number of rotatable bonds is 25. The fourth-order valence-corrected chi connectivity index (χ4v) is 11.5. The Balaban J connectivity index is 1.15. The topological polar surface area (TPSA) is 286 Å². The predicted molar refractivity (Wildman–Crippen MR) is 303 cm³/mol. The van der Waals surface area contributed by atoms with Crippen molar-refractivity contribution in [3.8, 4) is 17.6 Å². The summed E-state index contributed by atoms with van der Waals surface area (Å²) in [5.74, 6) is -2.51. The molecule has 2 aliphatic rings. The number of ether oxygens (including phenoxy) is 8. The average molecular weight is 1180 g/mol. The highest BCUT2D eigenvalue weighted by Gasteiger charge is 2.53. The predicted octanol–water partition coefficient (Wildman–Crippen LogP) is 6.67. The van der Waals surface area contributed by atoms with E-state index >= 15 is 0 Å². The third-order valence-corrected chi connectivity index (χ3v) is 15.2. The van der Waals surface area contributed by atoms with Gasteiger partial charge in [-0.3, -0.25) is 43.1 Å². The van der Waals surface area contributed by atoms with Crippen LogP contribution in [0.1, 0.15) is 73.1 Å². The first-order chi connectivity index (χ1) is 41.2. The Labute approximate surface area is 487 Å². The number of nitriles is 1. The van der Waals surface area contributed by atoms with E-state index in [4.69, 9.17) is 51.5 Å². The maximum Gasteiger partial charge on any atom is 0.333 e. The van der Waals surface area contributed by atoms with Gasteiger partial charge < -0.3 is 51.5 Å². The second-order valence-electron chi connectivity index (χ2n) is 19.5. The van der Waals surface area contributed by atoms with Gasteiger partial charge in [-0.1, -0.05) is 115 Å². The van der Waals surface area contributed by atoms with Crippen LogP contribution < -0.4 is 32.0 Å². The monoisotopic (exact) mass is 1180 g/mol. The number of carbonyl (C=O) groups excluding carboxylic acids is 3. The number of carbonyl (C=O) groups is 3. The molecule has 0 aliphatic carbocycles. The van der Waals surface area contributed by atoms with Gasteiger partial charge in [0.25, 0.3) is 11.1 Å². The first-order valence-corrected chi connectivity index (χ1v) is 27.9. The van der Waals surface area contributed by atoms with Gasteiger partial charge in [-0.15, -0.1) is 0 Å². The zero-order chi connectivity index (χ0) is 60.0.